The van der Waals surface area contributed by atoms with E-state index >= 15 is 0 Å². The number of ether oxygens (including phenoxy) is 1. The van der Waals surface area contributed by atoms with Gasteiger partial charge in [0, 0.05) is 18.0 Å². The Bertz CT molecular complexity index is 482. The van der Waals surface area contributed by atoms with Crippen LogP contribution in [-0.2, 0) is 6.54 Å². The van der Waals surface area contributed by atoms with Crippen LogP contribution in [0, 0.1) is 6.92 Å². The molecule has 0 aromatic carbocycles. The van der Waals surface area contributed by atoms with E-state index in [0.717, 1.165) is 18.1 Å². The zero-order valence-corrected chi connectivity index (χ0v) is 10.9. The first-order chi connectivity index (χ1) is 8.20. The Balaban J connectivity index is 2.09. The fourth-order valence-electron chi connectivity index (χ4n) is 1.40. The van der Waals surface area contributed by atoms with E-state index in [-0.39, 0.29) is 0 Å². The summed E-state index contributed by atoms with van der Waals surface area (Å²) in [6, 6.07) is 3.70. The van der Waals surface area contributed by atoms with Gasteiger partial charge < -0.3 is 9.64 Å². The van der Waals surface area contributed by atoms with E-state index in [1.807, 2.05) is 30.4 Å². The average molecular weight is 250 g/mol. The zero-order valence-electron chi connectivity index (χ0n) is 10.0. The number of rotatable bonds is 4. The number of aromatic nitrogens is 3. The van der Waals surface area contributed by atoms with Crippen molar-refractivity contribution in [1.82, 2.24) is 15.2 Å². The third kappa shape index (κ3) is 2.71. The minimum atomic E-state index is 0.524. The lowest BCUT2D eigenvalue weighted by atomic mass is 10.3. The Labute approximate surface area is 104 Å². The minimum Gasteiger partial charge on any atom is -0.480 e. The molecule has 0 aliphatic heterocycles. The fraction of sp³-hybridized carbons (Fsp3) is 0.364. The van der Waals surface area contributed by atoms with Gasteiger partial charge in [-0.15, -0.1) is 21.5 Å². The number of hydrogen-bond acceptors (Lipinski definition) is 6. The molecule has 0 saturated heterocycles. The Kier molecular flexibility index (Phi) is 3.53. The van der Waals surface area contributed by atoms with Gasteiger partial charge in [-0.25, -0.2) is 4.98 Å². The first kappa shape index (κ1) is 11.8. The highest BCUT2D eigenvalue weighted by Gasteiger charge is 2.08. The molecule has 90 valence electrons. The second-order valence-corrected chi connectivity index (χ2v) is 4.59. The molecule has 2 rings (SSSR count). The predicted molar refractivity (Wildman–Crippen MR) is 67.5 cm³/mol. The number of nitrogens with zero attached hydrogens (tertiary/aromatic N) is 4. The van der Waals surface area contributed by atoms with Gasteiger partial charge in [0.1, 0.15) is 0 Å². The van der Waals surface area contributed by atoms with Crippen LogP contribution in [-0.4, -0.2) is 29.3 Å². The lowest BCUT2D eigenvalue weighted by Gasteiger charge is -2.16. The number of thiazole rings is 1. The van der Waals surface area contributed by atoms with Crippen LogP contribution in [0.25, 0.3) is 0 Å². The van der Waals surface area contributed by atoms with Gasteiger partial charge in [-0.3, -0.25) is 0 Å². The van der Waals surface area contributed by atoms with Crippen LogP contribution >= 0.6 is 11.3 Å². The van der Waals surface area contributed by atoms with Crippen molar-refractivity contribution >= 4 is 17.2 Å². The van der Waals surface area contributed by atoms with Gasteiger partial charge in [0.2, 0.25) is 5.88 Å². The summed E-state index contributed by atoms with van der Waals surface area (Å²) in [7, 11) is 3.56. The van der Waals surface area contributed by atoms with Crippen LogP contribution in [0.3, 0.4) is 0 Å². The van der Waals surface area contributed by atoms with Gasteiger partial charge in [0.05, 0.1) is 24.9 Å². The van der Waals surface area contributed by atoms with E-state index in [1.54, 1.807) is 24.5 Å². The third-order valence-electron chi connectivity index (χ3n) is 2.45. The first-order valence-electron chi connectivity index (χ1n) is 5.18. The fourth-order valence-corrected chi connectivity index (χ4v) is 2.23. The van der Waals surface area contributed by atoms with Crippen molar-refractivity contribution < 1.29 is 4.74 Å². The summed E-state index contributed by atoms with van der Waals surface area (Å²) in [5, 5.41) is 8.04. The average Bonchev–Trinajstić information content (AvgIpc) is 2.75. The van der Waals surface area contributed by atoms with Crippen molar-refractivity contribution in [1.29, 1.82) is 0 Å². The molecule has 0 atom stereocenters. The SMILES string of the molecule is COc1ccc(N(C)Cc2scnc2C)nn1. The van der Waals surface area contributed by atoms with Gasteiger partial charge in [-0.05, 0) is 13.0 Å². The summed E-state index contributed by atoms with van der Waals surface area (Å²) in [4.78, 5) is 7.50. The Morgan fingerprint density at radius 3 is 2.71 bits per heavy atom. The molecule has 0 N–H and O–H groups in total. The smallest absolute Gasteiger partial charge is 0.233 e. The molecule has 17 heavy (non-hydrogen) atoms. The monoisotopic (exact) mass is 250 g/mol. The molecule has 0 fully saturated rings. The molecule has 0 spiro atoms. The van der Waals surface area contributed by atoms with Crippen LogP contribution in [0.2, 0.25) is 0 Å². The highest BCUT2D eigenvalue weighted by atomic mass is 32.1. The van der Waals surface area contributed by atoms with E-state index in [0.29, 0.717) is 5.88 Å². The lowest BCUT2D eigenvalue weighted by molar-refractivity contribution is 0.392. The maximum atomic E-state index is 4.97. The Morgan fingerprint density at radius 2 is 2.18 bits per heavy atom. The summed E-state index contributed by atoms with van der Waals surface area (Å²) in [5.74, 6) is 1.34. The largest absolute Gasteiger partial charge is 0.480 e. The molecule has 2 aromatic heterocycles. The van der Waals surface area contributed by atoms with Crippen molar-refractivity contribution in [3.63, 3.8) is 0 Å². The summed E-state index contributed by atoms with van der Waals surface area (Å²) in [5.41, 5.74) is 2.93. The quantitative estimate of drug-likeness (QED) is 0.829. The Morgan fingerprint density at radius 1 is 1.35 bits per heavy atom. The van der Waals surface area contributed by atoms with Gasteiger partial charge in [0.25, 0.3) is 0 Å². The van der Waals surface area contributed by atoms with Gasteiger partial charge >= 0.3 is 0 Å². The third-order valence-corrected chi connectivity index (χ3v) is 3.37. The summed E-state index contributed by atoms with van der Waals surface area (Å²) >= 11 is 1.65. The van der Waals surface area contributed by atoms with E-state index < -0.39 is 0 Å². The van der Waals surface area contributed by atoms with E-state index in [4.69, 9.17) is 4.74 Å². The number of aryl methyl sites for hydroxylation is 1. The molecule has 0 aliphatic rings. The zero-order chi connectivity index (χ0) is 12.3. The van der Waals surface area contributed by atoms with Crippen LogP contribution in [0.4, 0.5) is 5.82 Å². The molecular weight excluding hydrogens is 236 g/mol. The first-order valence-corrected chi connectivity index (χ1v) is 6.06. The molecule has 0 amide bonds. The van der Waals surface area contributed by atoms with Crippen LogP contribution in [0.1, 0.15) is 10.6 Å². The molecule has 0 bridgehead atoms. The molecule has 6 heteroatoms. The molecule has 0 saturated carbocycles. The number of hydrogen-bond donors (Lipinski definition) is 0. The maximum Gasteiger partial charge on any atom is 0.233 e. The lowest BCUT2D eigenvalue weighted by Crippen LogP contribution is -2.17. The summed E-state index contributed by atoms with van der Waals surface area (Å²) in [6.07, 6.45) is 0. The molecular formula is C11H14N4OS. The molecule has 2 heterocycles. The molecule has 0 aliphatic carbocycles. The van der Waals surface area contributed by atoms with Gasteiger partial charge in [-0.2, -0.15) is 0 Å². The molecule has 0 radical (unpaired) electrons. The van der Waals surface area contributed by atoms with Crippen molar-refractivity contribution in [3.05, 3.63) is 28.2 Å². The normalized spacial score (nSPS) is 10.3. The Hall–Kier alpha value is -1.69. The van der Waals surface area contributed by atoms with E-state index in [1.165, 1.54) is 4.88 Å². The second kappa shape index (κ2) is 5.09. The molecule has 0 unspecified atom stereocenters. The van der Waals surface area contributed by atoms with Crippen LogP contribution in [0.15, 0.2) is 17.6 Å². The standard InChI is InChI=1S/C11H14N4OS/c1-8-9(17-7-12-8)6-15(2)10-4-5-11(16-3)14-13-10/h4-5,7H,6H2,1-3H3. The van der Waals surface area contributed by atoms with E-state index in [9.17, 15) is 0 Å². The molecule has 5 nitrogen and oxygen atoms in total. The number of methoxy groups -OCH3 is 1. The minimum absolute atomic E-state index is 0.524. The summed E-state index contributed by atoms with van der Waals surface area (Å²) in [6.45, 7) is 2.80. The highest BCUT2D eigenvalue weighted by molar-refractivity contribution is 7.09. The van der Waals surface area contributed by atoms with Crippen LogP contribution < -0.4 is 9.64 Å². The van der Waals surface area contributed by atoms with Gasteiger partial charge in [-0.1, -0.05) is 0 Å². The topological polar surface area (TPSA) is 51.1 Å². The molecule has 2 aromatic rings. The van der Waals surface area contributed by atoms with Crippen molar-refractivity contribution in [3.8, 4) is 5.88 Å². The van der Waals surface area contributed by atoms with Gasteiger partial charge in [0.15, 0.2) is 5.82 Å². The van der Waals surface area contributed by atoms with Crippen molar-refractivity contribution in [2.24, 2.45) is 0 Å². The van der Waals surface area contributed by atoms with Crippen LogP contribution in [0.5, 0.6) is 5.88 Å². The highest BCUT2D eigenvalue weighted by Crippen LogP contribution is 2.18. The predicted octanol–water partition coefficient (Wildman–Crippen LogP) is 1.89. The number of anilines is 1. The second-order valence-electron chi connectivity index (χ2n) is 3.65. The van der Waals surface area contributed by atoms with Crippen molar-refractivity contribution in [2.45, 2.75) is 13.5 Å². The summed E-state index contributed by atoms with van der Waals surface area (Å²) < 4.78 is 4.97. The van der Waals surface area contributed by atoms with E-state index in [2.05, 4.69) is 15.2 Å². The van der Waals surface area contributed by atoms with Crippen molar-refractivity contribution in [2.75, 3.05) is 19.1 Å². The maximum absolute atomic E-state index is 4.97.